The molecule has 5 heteroatoms. The summed E-state index contributed by atoms with van der Waals surface area (Å²) in [6.45, 7) is 6.39. The first-order valence-corrected chi connectivity index (χ1v) is 5.19. The molecule has 0 bridgehead atoms. The number of rotatable bonds is 5. The zero-order chi connectivity index (χ0) is 11.7. The van der Waals surface area contributed by atoms with Crippen molar-refractivity contribution in [2.75, 3.05) is 6.54 Å². The standard InChI is InChI=1S/C10H19N3O2/c1-4-5-6-11-9(14)10(15)13-12-7-8(2)3/h7-8H,4-6H2,1-3H3,(H,11,14)(H,13,15). The van der Waals surface area contributed by atoms with Crippen LogP contribution < -0.4 is 10.7 Å². The quantitative estimate of drug-likeness (QED) is 0.305. The Hall–Kier alpha value is -1.39. The molecule has 0 fully saturated rings. The molecule has 0 radical (unpaired) electrons. The molecular formula is C10H19N3O2. The van der Waals surface area contributed by atoms with Crippen LogP contribution in [-0.2, 0) is 9.59 Å². The number of hydrogen-bond acceptors (Lipinski definition) is 3. The van der Waals surface area contributed by atoms with E-state index in [9.17, 15) is 9.59 Å². The lowest BCUT2D eigenvalue weighted by atomic mass is 10.3. The van der Waals surface area contributed by atoms with Gasteiger partial charge < -0.3 is 5.32 Å². The zero-order valence-electron chi connectivity index (χ0n) is 9.54. The maximum atomic E-state index is 11.1. The molecule has 5 nitrogen and oxygen atoms in total. The fraction of sp³-hybridized carbons (Fsp3) is 0.700. The minimum absolute atomic E-state index is 0.244. The maximum Gasteiger partial charge on any atom is 0.329 e. The SMILES string of the molecule is CCCCNC(=O)C(=O)NN=CC(C)C. The van der Waals surface area contributed by atoms with Crippen LogP contribution in [0, 0.1) is 5.92 Å². The molecule has 0 saturated heterocycles. The summed E-state index contributed by atoms with van der Waals surface area (Å²) in [5, 5.41) is 6.13. The van der Waals surface area contributed by atoms with Gasteiger partial charge in [0.15, 0.2) is 0 Å². The van der Waals surface area contributed by atoms with Crippen LogP contribution >= 0.6 is 0 Å². The summed E-state index contributed by atoms with van der Waals surface area (Å²) in [5.74, 6) is -1.11. The van der Waals surface area contributed by atoms with Gasteiger partial charge in [0.2, 0.25) is 0 Å². The molecule has 0 aliphatic carbocycles. The van der Waals surface area contributed by atoms with Gasteiger partial charge in [0, 0.05) is 12.8 Å². The molecule has 0 atom stereocenters. The van der Waals surface area contributed by atoms with Gasteiger partial charge in [0.1, 0.15) is 0 Å². The van der Waals surface area contributed by atoms with E-state index < -0.39 is 11.8 Å². The summed E-state index contributed by atoms with van der Waals surface area (Å²) < 4.78 is 0. The molecule has 0 saturated carbocycles. The van der Waals surface area contributed by atoms with E-state index in [2.05, 4.69) is 15.8 Å². The van der Waals surface area contributed by atoms with E-state index in [0.29, 0.717) is 6.54 Å². The van der Waals surface area contributed by atoms with Gasteiger partial charge in [0.05, 0.1) is 0 Å². The minimum atomic E-state index is -0.719. The predicted molar refractivity (Wildman–Crippen MR) is 59.4 cm³/mol. The second kappa shape index (κ2) is 7.96. The summed E-state index contributed by atoms with van der Waals surface area (Å²) >= 11 is 0. The first kappa shape index (κ1) is 13.6. The third-order valence-corrected chi connectivity index (χ3v) is 1.56. The fourth-order valence-corrected chi connectivity index (χ4v) is 0.755. The molecule has 15 heavy (non-hydrogen) atoms. The largest absolute Gasteiger partial charge is 0.348 e. The van der Waals surface area contributed by atoms with E-state index in [1.807, 2.05) is 20.8 Å². The first-order valence-electron chi connectivity index (χ1n) is 5.19. The summed E-state index contributed by atoms with van der Waals surface area (Å²) in [6.07, 6.45) is 3.42. The van der Waals surface area contributed by atoms with Crippen LogP contribution in [0.15, 0.2) is 5.10 Å². The summed E-state index contributed by atoms with van der Waals surface area (Å²) in [4.78, 5) is 22.2. The lowest BCUT2D eigenvalue weighted by Crippen LogP contribution is -2.38. The van der Waals surface area contributed by atoms with E-state index in [4.69, 9.17) is 0 Å². The van der Waals surface area contributed by atoms with Gasteiger partial charge >= 0.3 is 11.8 Å². The fourth-order valence-electron chi connectivity index (χ4n) is 0.755. The highest BCUT2D eigenvalue weighted by atomic mass is 16.2. The molecule has 0 aromatic rings. The summed E-state index contributed by atoms with van der Waals surface area (Å²) in [5.41, 5.74) is 2.16. The lowest BCUT2D eigenvalue weighted by molar-refractivity contribution is -0.139. The molecule has 0 unspecified atom stereocenters. The number of hydrogen-bond donors (Lipinski definition) is 2. The zero-order valence-corrected chi connectivity index (χ0v) is 9.54. The van der Waals surface area contributed by atoms with E-state index in [1.54, 1.807) is 6.21 Å². The Bertz CT molecular complexity index is 237. The minimum Gasteiger partial charge on any atom is -0.348 e. The van der Waals surface area contributed by atoms with Crippen LogP contribution in [0.1, 0.15) is 33.6 Å². The molecule has 0 aromatic carbocycles. The number of carbonyl (C=O) groups excluding carboxylic acids is 2. The average molecular weight is 213 g/mol. The Morgan fingerprint density at radius 2 is 2.00 bits per heavy atom. The molecule has 0 aliphatic heterocycles. The van der Waals surface area contributed by atoms with Gasteiger partial charge in [-0.3, -0.25) is 9.59 Å². The maximum absolute atomic E-state index is 11.1. The Labute approximate surface area is 90.3 Å². The van der Waals surface area contributed by atoms with Crippen molar-refractivity contribution in [2.45, 2.75) is 33.6 Å². The van der Waals surface area contributed by atoms with Crippen molar-refractivity contribution in [3.05, 3.63) is 0 Å². The molecule has 0 spiro atoms. The number of hydrazone groups is 1. The van der Waals surface area contributed by atoms with Crippen molar-refractivity contribution in [3.63, 3.8) is 0 Å². The van der Waals surface area contributed by atoms with Crippen LogP contribution in [0.5, 0.6) is 0 Å². The molecule has 0 aromatic heterocycles. The molecule has 0 aliphatic rings. The predicted octanol–water partition coefficient (Wildman–Crippen LogP) is 0.661. The van der Waals surface area contributed by atoms with Crippen molar-refractivity contribution in [3.8, 4) is 0 Å². The van der Waals surface area contributed by atoms with Gasteiger partial charge in [-0.05, 0) is 12.3 Å². The monoisotopic (exact) mass is 213 g/mol. The van der Waals surface area contributed by atoms with E-state index in [1.165, 1.54) is 0 Å². The summed E-state index contributed by atoms with van der Waals surface area (Å²) in [7, 11) is 0. The van der Waals surface area contributed by atoms with E-state index in [0.717, 1.165) is 12.8 Å². The molecule has 2 amide bonds. The second-order valence-electron chi connectivity index (χ2n) is 3.57. The Morgan fingerprint density at radius 1 is 1.33 bits per heavy atom. The highest BCUT2D eigenvalue weighted by molar-refractivity contribution is 6.35. The third kappa shape index (κ3) is 7.66. The Morgan fingerprint density at radius 3 is 2.53 bits per heavy atom. The van der Waals surface area contributed by atoms with Crippen molar-refractivity contribution >= 4 is 18.0 Å². The summed E-state index contributed by atoms with van der Waals surface area (Å²) in [6, 6.07) is 0. The molecule has 0 rings (SSSR count). The van der Waals surface area contributed by atoms with E-state index >= 15 is 0 Å². The number of amides is 2. The van der Waals surface area contributed by atoms with Crippen LogP contribution in [-0.4, -0.2) is 24.6 Å². The third-order valence-electron chi connectivity index (χ3n) is 1.56. The highest BCUT2D eigenvalue weighted by Crippen LogP contribution is 1.84. The number of nitrogens with one attached hydrogen (secondary N) is 2. The smallest absolute Gasteiger partial charge is 0.329 e. The molecule has 0 heterocycles. The Kier molecular flexibility index (Phi) is 7.23. The van der Waals surface area contributed by atoms with Crippen molar-refractivity contribution < 1.29 is 9.59 Å². The van der Waals surface area contributed by atoms with Gasteiger partial charge in [-0.2, -0.15) is 5.10 Å². The van der Waals surface area contributed by atoms with Crippen LogP contribution in [0.25, 0.3) is 0 Å². The average Bonchev–Trinajstić information content (AvgIpc) is 2.17. The highest BCUT2D eigenvalue weighted by Gasteiger charge is 2.10. The molecule has 2 N–H and O–H groups in total. The van der Waals surface area contributed by atoms with Gasteiger partial charge in [-0.25, -0.2) is 5.43 Å². The lowest BCUT2D eigenvalue weighted by Gasteiger charge is -2.02. The topological polar surface area (TPSA) is 70.6 Å². The van der Waals surface area contributed by atoms with Crippen molar-refractivity contribution in [2.24, 2.45) is 11.0 Å². The second-order valence-corrected chi connectivity index (χ2v) is 3.57. The van der Waals surface area contributed by atoms with Crippen molar-refractivity contribution in [1.29, 1.82) is 0 Å². The van der Waals surface area contributed by atoms with Gasteiger partial charge in [0.25, 0.3) is 0 Å². The van der Waals surface area contributed by atoms with Crippen LogP contribution in [0.3, 0.4) is 0 Å². The van der Waals surface area contributed by atoms with Gasteiger partial charge in [-0.1, -0.05) is 27.2 Å². The first-order chi connectivity index (χ1) is 7.07. The van der Waals surface area contributed by atoms with E-state index in [-0.39, 0.29) is 5.92 Å². The van der Waals surface area contributed by atoms with Crippen LogP contribution in [0.2, 0.25) is 0 Å². The number of carbonyl (C=O) groups is 2. The molecular weight excluding hydrogens is 194 g/mol. The Balaban J connectivity index is 3.74. The van der Waals surface area contributed by atoms with Crippen molar-refractivity contribution in [1.82, 2.24) is 10.7 Å². The number of unbranched alkanes of at least 4 members (excludes halogenated alkanes) is 1. The molecule has 86 valence electrons. The van der Waals surface area contributed by atoms with Crippen LogP contribution in [0.4, 0.5) is 0 Å². The van der Waals surface area contributed by atoms with Gasteiger partial charge in [-0.15, -0.1) is 0 Å². The number of nitrogens with zero attached hydrogens (tertiary/aromatic N) is 1. The normalized spacial score (nSPS) is 10.7.